The number of rotatable bonds is 3. The fourth-order valence-electron chi connectivity index (χ4n) is 0.954. The van der Waals surface area contributed by atoms with Gasteiger partial charge in [0.05, 0.1) is 12.7 Å². The van der Waals surface area contributed by atoms with Gasteiger partial charge in [-0.25, -0.2) is 4.68 Å². The number of nitrogens with two attached hydrogens (primary N) is 1. The van der Waals surface area contributed by atoms with Crippen molar-refractivity contribution >= 4 is 5.82 Å². The quantitative estimate of drug-likeness (QED) is 0.703. The van der Waals surface area contributed by atoms with E-state index in [1.165, 1.54) is 6.20 Å². The van der Waals surface area contributed by atoms with E-state index in [0.29, 0.717) is 17.9 Å². The first-order valence-electron chi connectivity index (χ1n) is 4.01. The highest BCUT2D eigenvalue weighted by molar-refractivity contribution is 5.47. The fraction of sp³-hybridized carbons (Fsp3) is 0.500. The molecule has 0 saturated heterocycles. The lowest BCUT2D eigenvalue weighted by atomic mass is 10.4. The third-order valence-electron chi connectivity index (χ3n) is 1.76. The lowest BCUT2D eigenvalue weighted by Gasteiger charge is -2.09. The van der Waals surface area contributed by atoms with Gasteiger partial charge >= 0.3 is 0 Å². The predicted molar refractivity (Wildman–Crippen MR) is 49.9 cm³/mol. The second-order valence-corrected chi connectivity index (χ2v) is 3.08. The number of nitrogens with zero attached hydrogens (tertiary/aromatic N) is 4. The van der Waals surface area contributed by atoms with Crippen molar-refractivity contribution in [2.45, 2.75) is 6.54 Å². The molecule has 1 aromatic rings. The molecule has 0 fully saturated rings. The average Bonchev–Trinajstić information content (AvgIpc) is 2.43. The van der Waals surface area contributed by atoms with Gasteiger partial charge in [0.25, 0.3) is 0 Å². The summed E-state index contributed by atoms with van der Waals surface area (Å²) in [7, 11) is 3.95. The summed E-state index contributed by atoms with van der Waals surface area (Å²) in [6.07, 6.45) is 1.49. The van der Waals surface area contributed by atoms with Crippen LogP contribution in [-0.2, 0) is 6.54 Å². The van der Waals surface area contributed by atoms with E-state index < -0.39 is 0 Å². The van der Waals surface area contributed by atoms with E-state index in [2.05, 4.69) is 5.10 Å². The molecule has 13 heavy (non-hydrogen) atoms. The van der Waals surface area contributed by atoms with Gasteiger partial charge in [-0.3, -0.25) is 0 Å². The number of nitrogen functional groups attached to an aromatic ring is 1. The Labute approximate surface area is 77.4 Å². The summed E-state index contributed by atoms with van der Waals surface area (Å²) in [4.78, 5) is 2.03. The van der Waals surface area contributed by atoms with Crippen molar-refractivity contribution in [2.75, 3.05) is 26.4 Å². The summed E-state index contributed by atoms with van der Waals surface area (Å²) < 4.78 is 1.64. The molecule has 5 nitrogen and oxygen atoms in total. The van der Waals surface area contributed by atoms with Gasteiger partial charge in [-0.2, -0.15) is 10.4 Å². The highest BCUT2D eigenvalue weighted by atomic mass is 15.3. The van der Waals surface area contributed by atoms with E-state index in [9.17, 15) is 0 Å². The van der Waals surface area contributed by atoms with E-state index in [1.807, 2.05) is 25.1 Å². The van der Waals surface area contributed by atoms with Crippen LogP contribution < -0.4 is 5.73 Å². The molecule has 0 aliphatic rings. The number of likely N-dealkylation sites (N-methyl/N-ethyl adjacent to an activating group) is 1. The Kier molecular flexibility index (Phi) is 2.88. The van der Waals surface area contributed by atoms with E-state index in [1.54, 1.807) is 4.68 Å². The summed E-state index contributed by atoms with van der Waals surface area (Å²) in [5.41, 5.74) is 6.10. The van der Waals surface area contributed by atoms with Crippen LogP contribution in [0.25, 0.3) is 0 Å². The molecule has 0 spiro atoms. The highest BCUT2D eigenvalue weighted by Crippen LogP contribution is 2.08. The Morgan fingerprint density at radius 1 is 1.69 bits per heavy atom. The van der Waals surface area contributed by atoms with Crippen LogP contribution >= 0.6 is 0 Å². The van der Waals surface area contributed by atoms with Crippen molar-refractivity contribution in [3.05, 3.63) is 11.8 Å². The number of hydrogen-bond acceptors (Lipinski definition) is 4. The fourth-order valence-corrected chi connectivity index (χ4v) is 0.954. The number of hydrogen-bond donors (Lipinski definition) is 1. The zero-order valence-electron chi connectivity index (χ0n) is 7.86. The molecular weight excluding hydrogens is 166 g/mol. The minimum atomic E-state index is 0.443. The summed E-state index contributed by atoms with van der Waals surface area (Å²) in [6.45, 7) is 1.57. The Morgan fingerprint density at radius 2 is 2.38 bits per heavy atom. The van der Waals surface area contributed by atoms with Crippen molar-refractivity contribution in [1.29, 1.82) is 5.26 Å². The molecule has 0 aliphatic carbocycles. The first-order chi connectivity index (χ1) is 6.15. The molecule has 1 heterocycles. The van der Waals surface area contributed by atoms with Crippen LogP contribution in [0.5, 0.6) is 0 Å². The van der Waals surface area contributed by atoms with Crippen LogP contribution in [0.15, 0.2) is 6.20 Å². The van der Waals surface area contributed by atoms with E-state index in [-0.39, 0.29) is 0 Å². The van der Waals surface area contributed by atoms with Gasteiger partial charge in [0.1, 0.15) is 17.5 Å². The maximum Gasteiger partial charge on any atom is 0.139 e. The van der Waals surface area contributed by atoms with Gasteiger partial charge in [0, 0.05) is 6.54 Å². The summed E-state index contributed by atoms with van der Waals surface area (Å²) in [5, 5.41) is 12.6. The molecule has 0 aromatic carbocycles. The van der Waals surface area contributed by atoms with Crippen molar-refractivity contribution < 1.29 is 0 Å². The Morgan fingerprint density at radius 3 is 2.85 bits per heavy atom. The first kappa shape index (κ1) is 9.55. The molecule has 1 rings (SSSR count). The molecule has 2 N–H and O–H groups in total. The van der Waals surface area contributed by atoms with E-state index in [0.717, 1.165) is 6.54 Å². The zero-order chi connectivity index (χ0) is 9.84. The van der Waals surface area contributed by atoms with Crippen molar-refractivity contribution in [3.8, 4) is 6.07 Å². The summed E-state index contributed by atoms with van der Waals surface area (Å²) in [5.74, 6) is 0.448. The molecule has 70 valence electrons. The monoisotopic (exact) mass is 179 g/mol. The van der Waals surface area contributed by atoms with E-state index >= 15 is 0 Å². The molecule has 0 aliphatic heterocycles. The van der Waals surface area contributed by atoms with Crippen LogP contribution in [0.2, 0.25) is 0 Å². The highest BCUT2D eigenvalue weighted by Gasteiger charge is 2.05. The largest absolute Gasteiger partial charge is 0.383 e. The molecule has 0 bridgehead atoms. The minimum absolute atomic E-state index is 0.443. The predicted octanol–water partition coefficient (Wildman–Crippen LogP) is -0.101. The maximum atomic E-state index is 8.62. The van der Waals surface area contributed by atoms with Gasteiger partial charge in [-0.1, -0.05) is 0 Å². The Hall–Kier alpha value is -1.54. The van der Waals surface area contributed by atoms with Crippen molar-refractivity contribution in [1.82, 2.24) is 14.7 Å². The Bertz CT molecular complexity index is 320. The first-order valence-corrected chi connectivity index (χ1v) is 4.01. The van der Waals surface area contributed by atoms with Crippen molar-refractivity contribution in [3.63, 3.8) is 0 Å². The SMILES string of the molecule is CN(C)CCn1ncc(C#N)c1N. The summed E-state index contributed by atoms with van der Waals surface area (Å²) >= 11 is 0. The third-order valence-corrected chi connectivity index (χ3v) is 1.76. The second-order valence-electron chi connectivity index (χ2n) is 3.08. The van der Waals surface area contributed by atoms with Gasteiger partial charge in [0.15, 0.2) is 0 Å². The summed E-state index contributed by atoms with van der Waals surface area (Å²) in [6, 6.07) is 1.98. The molecule has 0 atom stereocenters. The van der Waals surface area contributed by atoms with Crippen molar-refractivity contribution in [2.24, 2.45) is 0 Å². The topological polar surface area (TPSA) is 70.9 Å². The normalized spacial score (nSPS) is 10.3. The van der Waals surface area contributed by atoms with Crippen LogP contribution in [-0.4, -0.2) is 35.3 Å². The number of aromatic nitrogens is 2. The van der Waals surface area contributed by atoms with Gasteiger partial charge < -0.3 is 10.6 Å². The van der Waals surface area contributed by atoms with Crippen LogP contribution in [0.1, 0.15) is 5.56 Å². The maximum absolute atomic E-state index is 8.62. The number of nitriles is 1. The minimum Gasteiger partial charge on any atom is -0.383 e. The number of anilines is 1. The van der Waals surface area contributed by atoms with Gasteiger partial charge in [-0.15, -0.1) is 0 Å². The zero-order valence-corrected chi connectivity index (χ0v) is 7.86. The molecule has 5 heteroatoms. The standard InChI is InChI=1S/C8H13N5/c1-12(2)3-4-13-8(10)7(5-9)6-11-13/h6H,3-4,10H2,1-2H3. The molecule has 0 radical (unpaired) electrons. The van der Waals surface area contributed by atoms with Gasteiger partial charge in [0.2, 0.25) is 0 Å². The molecule has 0 unspecified atom stereocenters. The molecule has 0 saturated carbocycles. The molecular formula is C8H13N5. The molecule has 1 aromatic heterocycles. The second kappa shape index (κ2) is 3.92. The average molecular weight is 179 g/mol. The Balaban J connectivity index is 2.69. The van der Waals surface area contributed by atoms with Crippen LogP contribution in [0.3, 0.4) is 0 Å². The molecule has 0 amide bonds. The van der Waals surface area contributed by atoms with Crippen LogP contribution in [0, 0.1) is 11.3 Å². The van der Waals surface area contributed by atoms with Crippen LogP contribution in [0.4, 0.5) is 5.82 Å². The lowest BCUT2D eigenvalue weighted by molar-refractivity contribution is 0.375. The third kappa shape index (κ3) is 2.20. The van der Waals surface area contributed by atoms with Gasteiger partial charge in [-0.05, 0) is 14.1 Å². The van der Waals surface area contributed by atoms with E-state index in [4.69, 9.17) is 11.0 Å². The smallest absolute Gasteiger partial charge is 0.139 e. The lowest BCUT2D eigenvalue weighted by Crippen LogP contribution is -2.19.